The summed E-state index contributed by atoms with van der Waals surface area (Å²) in [5.74, 6) is -0.423. The maximum Gasteiger partial charge on any atom is 0.274 e. The number of aliphatic imine (C=N–C) groups is 1. The molecule has 1 amide bonds. The Kier molecular flexibility index (Phi) is 4.52. The summed E-state index contributed by atoms with van der Waals surface area (Å²) in [6, 6.07) is 11.4. The van der Waals surface area contributed by atoms with Crippen LogP contribution in [0.15, 0.2) is 59.4 Å². The van der Waals surface area contributed by atoms with E-state index in [-0.39, 0.29) is 17.5 Å². The van der Waals surface area contributed by atoms with Gasteiger partial charge in [0.25, 0.3) is 5.91 Å². The first-order valence-corrected chi connectivity index (χ1v) is 8.46. The summed E-state index contributed by atoms with van der Waals surface area (Å²) in [4.78, 5) is 25.1. The summed E-state index contributed by atoms with van der Waals surface area (Å²) in [6.45, 7) is 0.203. The van der Waals surface area contributed by atoms with E-state index < -0.39 is 5.82 Å². The molecule has 8 heteroatoms. The number of aromatic nitrogens is 2. The Balaban J connectivity index is 1.53. The van der Waals surface area contributed by atoms with E-state index in [9.17, 15) is 9.18 Å². The van der Waals surface area contributed by atoms with Crippen LogP contribution in [0.25, 0.3) is 17.1 Å². The summed E-state index contributed by atoms with van der Waals surface area (Å²) in [6.07, 6.45) is 3.33. The summed E-state index contributed by atoms with van der Waals surface area (Å²) in [5, 5.41) is 5.84. The molecule has 0 spiro atoms. The molecule has 27 heavy (non-hydrogen) atoms. The molecule has 0 saturated carbocycles. The number of halogens is 2. The van der Waals surface area contributed by atoms with E-state index in [0.29, 0.717) is 22.9 Å². The number of pyridine rings is 2. The maximum absolute atomic E-state index is 13.1. The van der Waals surface area contributed by atoms with Gasteiger partial charge in [-0.25, -0.2) is 14.4 Å². The standard InChI is InChI=1S/C19H13ClFN5O/c20-14-8-12(21)4-3-11(14)10-23-19-25-17(18(27)26-19)9-13-5-6-15-16(24-13)2-1-7-22-15/h1-9H,10H2,(H2,23,25,26,27)/b17-9+. The number of fused-ring (bicyclic) bond motifs is 1. The number of nitrogens with one attached hydrogen (secondary N) is 2. The number of hydrogen-bond acceptors (Lipinski definition) is 4. The van der Waals surface area contributed by atoms with Gasteiger partial charge in [-0.2, -0.15) is 0 Å². The highest BCUT2D eigenvalue weighted by atomic mass is 35.5. The molecule has 1 aliphatic heterocycles. The first kappa shape index (κ1) is 17.1. The summed E-state index contributed by atoms with van der Waals surface area (Å²) in [5.41, 5.74) is 3.13. The van der Waals surface area contributed by atoms with Crippen LogP contribution in [-0.2, 0) is 11.3 Å². The van der Waals surface area contributed by atoms with Gasteiger partial charge in [0.2, 0.25) is 5.96 Å². The number of rotatable bonds is 3. The van der Waals surface area contributed by atoms with Crippen molar-refractivity contribution in [2.75, 3.05) is 0 Å². The van der Waals surface area contributed by atoms with Crippen molar-refractivity contribution in [3.63, 3.8) is 0 Å². The third-order valence-corrected chi connectivity index (χ3v) is 4.27. The fourth-order valence-corrected chi connectivity index (χ4v) is 2.81. The molecule has 2 aromatic heterocycles. The molecule has 3 aromatic rings. The van der Waals surface area contributed by atoms with Crippen molar-refractivity contribution in [3.05, 3.63) is 76.5 Å². The predicted molar refractivity (Wildman–Crippen MR) is 101 cm³/mol. The van der Waals surface area contributed by atoms with E-state index in [4.69, 9.17) is 11.6 Å². The van der Waals surface area contributed by atoms with Crippen LogP contribution in [0.4, 0.5) is 4.39 Å². The molecule has 1 aromatic carbocycles. The van der Waals surface area contributed by atoms with Gasteiger partial charge in [0.15, 0.2) is 0 Å². The molecule has 0 atom stereocenters. The van der Waals surface area contributed by atoms with Gasteiger partial charge < -0.3 is 5.32 Å². The number of nitrogens with zero attached hydrogens (tertiary/aromatic N) is 3. The minimum atomic E-state index is -0.410. The highest BCUT2D eigenvalue weighted by Crippen LogP contribution is 2.18. The van der Waals surface area contributed by atoms with E-state index in [1.165, 1.54) is 12.1 Å². The predicted octanol–water partition coefficient (Wildman–Crippen LogP) is 3.04. The highest BCUT2D eigenvalue weighted by Gasteiger charge is 2.21. The highest BCUT2D eigenvalue weighted by molar-refractivity contribution is 6.31. The molecule has 1 fully saturated rings. The average Bonchev–Trinajstić information content (AvgIpc) is 3.00. The summed E-state index contributed by atoms with van der Waals surface area (Å²) >= 11 is 5.99. The first-order valence-electron chi connectivity index (χ1n) is 8.09. The molecule has 134 valence electrons. The SMILES string of the molecule is O=C1NC(=NCc2ccc(F)cc2Cl)N/C1=C/c1ccc2ncccc2n1. The monoisotopic (exact) mass is 381 g/mol. The molecular formula is C19H13ClFN5O. The van der Waals surface area contributed by atoms with Crippen molar-refractivity contribution in [1.29, 1.82) is 0 Å². The zero-order valence-electron chi connectivity index (χ0n) is 13.9. The van der Waals surface area contributed by atoms with Gasteiger partial charge in [-0.15, -0.1) is 0 Å². The van der Waals surface area contributed by atoms with E-state index >= 15 is 0 Å². The van der Waals surface area contributed by atoms with Crippen LogP contribution < -0.4 is 10.6 Å². The molecule has 6 nitrogen and oxygen atoms in total. The van der Waals surface area contributed by atoms with Crippen molar-refractivity contribution in [3.8, 4) is 0 Å². The van der Waals surface area contributed by atoms with Crippen molar-refractivity contribution in [1.82, 2.24) is 20.6 Å². The van der Waals surface area contributed by atoms with Crippen LogP contribution in [0.3, 0.4) is 0 Å². The third-order valence-electron chi connectivity index (χ3n) is 3.92. The lowest BCUT2D eigenvalue weighted by Crippen LogP contribution is -2.25. The van der Waals surface area contributed by atoms with Crippen molar-refractivity contribution >= 4 is 40.6 Å². The van der Waals surface area contributed by atoms with Crippen molar-refractivity contribution in [2.24, 2.45) is 4.99 Å². The molecule has 0 bridgehead atoms. The van der Waals surface area contributed by atoms with Gasteiger partial charge in [0.05, 0.1) is 23.3 Å². The van der Waals surface area contributed by atoms with Gasteiger partial charge in [-0.1, -0.05) is 17.7 Å². The normalized spacial score (nSPS) is 16.7. The van der Waals surface area contributed by atoms with Crippen LogP contribution in [-0.4, -0.2) is 21.8 Å². The molecule has 3 heterocycles. The van der Waals surface area contributed by atoms with Crippen LogP contribution in [0, 0.1) is 5.82 Å². The number of carbonyl (C=O) groups is 1. The smallest absolute Gasteiger partial charge is 0.274 e. The van der Waals surface area contributed by atoms with Gasteiger partial charge >= 0.3 is 0 Å². The second kappa shape index (κ2) is 7.13. The second-order valence-electron chi connectivity index (χ2n) is 5.82. The largest absolute Gasteiger partial charge is 0.321 e. The van der Waals surface area contributed by atoms with Crippen molar-refractivity contribution in [2.45, 2.75) is 6.54 Å². The third kappa shape index (κ3) is 3.78. The van der Waals surface area contributed by atoms with Gasteiger partial charge in [-0.05, 0) is 48.0 Å². The molecular weight excluding hydrogens is 369 g/mol. The average molecular weight is 382 g/mol. The Labute approximate surface area is 158 Å². The van der Waals surface area contributed by atoms with Gasteiger partial charge in [-0.3, -0.25) is 15.1 Å². The molecule has 0 aliphatic carbocycles. The van der Waals surface area contributed by atoms with Gasteiger partial charge in [0, 0.05) is 11.2 Å². The molecule has 1 saturated heterocycles. The summed E-state index contributed by atoms with van der Waals surface area (Å²) < 4.78 is 13.1. The molecule has 1 aliphatic rings. The lowest BCUT2D eigenvalue weighted by atomic mass is 10.2. The summed E-state index contributed by atoms with van der Waals surface area (Å²) in [7, 11) is 0. The van der Waals surface area contributed by atoms with Crippen LogP contribution >= 0.6 is 11.6 Å². The molecule has 2 N–H and O–H groups in total. The number of benzene rings is 1. The zero-order valence-corrected chi connectivity index (χ0v) is 14.7. The van der Waals surface area contributed by atoms with Crippen molar-refractivity contribution < 1.29 is 9.18 Å². The first-order chi connectivity index (χ1) is 13.1. The topological polar surface area (TPSA) is 79.3 Å². The van der Waals surface area contributed by atoms with Crippen LogP contribution in [0.5, 0.6) is 0 Å². The van der Waals surface area contributed by atoms with E-state index in [0.717, 1.165) is 11.0 Å². The Bertz CT molecular complexity index is 1110. The number of guanidine groups is 1. The lowest BCUT2D eigenvalue weighted by molar-refractivity contribution is -0.115. The van der Waals surface area contributed by atoms with E-state index in [1.807, 2.05) is 12.1 Å². The molecule has 0 unspecified atom stereocenters. The van der Waals surface area contributed by atoms with E-state index in [2.05, 4.69) is 25.6 Å². The van der Waals surface area contributed by atoms with Crippen LogP contribution in [0.2, 0.25) is 5.02 Å². The Hall–Kier alpha value is -3.32. The lowest BCUT2D eigenvalue weighted by Gasteiger charge is -2.02. The zero-order chi connectivity index (χ0) is 18.8. The Morgan fingerprint density at radius 2 is 2.04 bits per heavy atom. The number of amides is 1. The van der Waals surface area contributed by atoms with Crippen LogP contribution in [0.1, 0.15) is 11.3 Å². The Morgan fingerprint density at radius 1 is 1.15 bits per heavy atom. The van der Waals surface area contributed by atoms with Gasteiger partial charge in [0.1, 0.15) is 11.5 Å². The Morgan fingerprint density at radius 3 is 2.89 bits per heavy atom. The minimum Gasteiger partial charge on any atom is -0.321 e. The fourth-order valence-electron chi connectivity index (χ4n) is 2.59. The maximum atomic E-state index is 13.1. The van der Waals surface area contributed by atoms with E-state index in [1.54, 1.807) is 30.5 Å². The second-order valence-corrected chi connectivity index (χ2v) is 6.22. The molecule has 4 rings (SSSR count). The fraction of sp³-hybridized carbons (Fsp3) is 0.0526. The quantitative estimate of drug-likeness (QED) is 0.683. The minimum absolute atomic E-state index is 0.203. The molecule has 0 radical (unpaired) electrons. The number of carbonyl (C=O) groups excluding carboxylic acids is 1. The number of hydrogen-bond donors (Lipinski definition) is 2.